The Hall–Kier alpha value is -0.930. The lowest BCUT2D eigenvalue weighted by molar-refractivity contribution is -0.127. The van der Waals surface area contributed by atoms with E-state index in [0.717, 1.165) is 6.42 Å². The van der Waals surface area contributed by atoms with Crippen molar-refractivity contribution in [3.8, 4) is 5.75 Å². The SMILES string of the molecule is CCCNC(=O)[C@H](C)Oc1ccc(Cl)cc1Cl. The average molecular weight is 276 g/mol. The van der Waals surface area contributed by atoms with Gasteiger partial charge in [-0.3, -0.25) is 4.79 Å². The summed E-state index contributed by atoms with van der Waals surface area (Å²) >= 11 is 11.7. The van der Waals surface area contributed by atoms with Gasteiger partial charge in [0.05, 0.1) is 5.02 Å². The standard InChI is InChI=1S/C12H15Cl2NO2/c1-3-6-15-12(16)8(2)17-11-5-4-9(13)7-10(11)14/h4-5,7-8H,3,6H2,1-2H3,(H,15,16)/t8-/m0/s1. The van der Waals surface area contributed by atoms with E-state index in [4.69, 9.17) is 27.9 Å². The summed E-state index contributed by atoms with van der Waals surface area (Å²) in [6.45, 7) is 4.30. The van der Waals surface area contributed by atoms with Crippen molar-refractivity contribution < 1.29 is 9.53 Å². The molecule has 1 aromatic carbocycles. The van der Waals surface area contributed by atoms with Gasteiger partial charge < -0.3 is 10.1 Å². The molecule has 1 rings (SSSR count). The normalized spacial score (nSPS) is 12.0. The molecule has 1 aromatic rings. The van der Waals surface area contributed by atoms with Crippen molar-refractivity contribution in [2.45, 2.75) is 26.4 Å². The number of carbonyl (C=O) groups is 1. The first kappa shape index (κ1) is 14.1. The van der Waals surface area contributed by atoms with E-state index in [0.29, 0.717) is 22.3 Å². The van der Waals surface area contributed by atoms with Gasteiger partial charge in [-0.05, 0) is 31.5 Å². The number of nitrogens with one attached hydrogen (secondary N) is 1. The molecule has 5 heteroatoms. The molecule has 0 radical (unpaired) electrons. The fourth-order valence-electron chi connectivity index (χ4n) is 1.21. The van der Waals surface area contributed by atoms with Crippen molar-refractivity contribution in [1.29, 1.82) is 0 Å². The fourth-order valence-corrected chi connectivity index (χ4v) is 1.66. The van der Waals surface area contributed by atoms with Crippen LogP contribution in [0.15, 0.2) is 18.2 Å². The van der Waals surface area contributed by atoms with Crippen LogP contribution in [0, 0.1) is 0 Å². The number of benzene rings is 1. The van der Waals surface area contributed by atoms with Crippen molar-refractivity contribution in [3.05, 3.63) is 28.2 Å². The molecule has 0 fully saturated rings. The van der Waals surface area contributed by atoms with E-state index in [2.05, 4.69) is 5.32 Å². The van der Waals surface area contributed by atoms with E-state index in [9.17, 15) is 4.79 Å². The highest BCUT2D eigenvalue weighted by molar-refractivity contribution is 6.35. The first-order chi connectivity index (χ1) is 8.04. The first-order valence-electron chi connectivity index (χ1n) is 5.44. The third-order valence-corrected chi connectivity index (χ3v) is 2.65. The van der Waals surface area contributed by atoms with Crippen LogP contribution < -0.4 is 10.1 Å². The molecule has 0 saturated heterocycles. The number of hydrogen-bond acceptors (Lipinski definition) is 2. The molecule has 0 aliphatic carbocycles. The summed E-state index contributed by atoms with van der Waals surface area (Å²) < 4.78 is 5.46. The second kappa shape index (κ2) is 6.72. The third kappa shape index (κ3) is 4.44. The van der Waals surface area contributed by atoms with Gasteiger partial charge in [-0.25, -0.2) is 0 Å². The van der Waals surface area contributed by atoms with Gasteiger partial charge in [0.2, 0.25) is 0 Å². The molecule has 0 aliphatic heterocycles. The minimum Gasteiger partial charge on any atom is -0.479 e. The highest BCUT2D eigenvalue weighted by Crippen LogP contribution is 2.28. The molecule has 0 saturated carbocycles. The molecule has 17 heavy (non-hydrogen) atoms. The zero-order valence-corrected chi connectivity index (χ0v) is 11.3. The van der Waals surface area contributed by atoms with Gasteiger partial charge >= 0.3 is 0 Å². The summed E-state index contributed by atoms with van der Waals surface area (Å²) in [7, 11) is 0. The Balaban J connectivity index is 2.61. The number of carbonyl (C=O) groups excluding carboxylic acids is 1. The number of halogens is 2. The molecule has 0 spiro atoms. The minimum atomic E-state index is -0.583. The van der Waals surface area contributed by atoms with Crippen LogP contribution in [0.5, 0.6) is 5.75 Å². The number of ether oxygens (including phenoxy) is 1. The molecular formula is C12H15Cl2NO2. The summed E-state index contributed by atoms with van der Waals surface area (Å²) in [5.74, 6) is 0.299. The highest BCUT2D eigenvalue weighted by Gasteiger charge is 2.15. The predicted octanol–water partition coefficient (Wildman–Crippen LogP) is 3.29. The quantitative estimate of drug-likeness (QED) is 0.896. The zero-order chi connectivity index (χ0) is 12.8. The van der Waals surface area contributed by atoms with Gasteiger partial charge in [0.15, 0.2) is 6.10 Å². The summed E-state index contributed by atoms with van der Waals surface area (Å²) in [4.78, 5) is 11.6. The minimum absolute atomic E-state index is 0.155. The van der Waals surface area contributed by atoms with E-state index in [1.807, 2.05) is 6.92 Å². The number of hydrogen-bond donors (Lipinski definition) is 1. The van der Waals surface area contributed by atoms with Gasteiger partial charge in [-0.2, -0.15) is 0 Å². The van der Waals surface area contributed by atoms with Crippen molar-refractivity contribution >= 4 is 29.1 Å². The lowest BCUT2D eigenvalue weighted by Gasteiger charge is -2.15. The van der Waals surface area contributed by atoms with E-state index in [1.54, 1.807) is 25.1 Å². The van der Waals surface area contributed by atoms with Crippen molar-refractivity contribution in [2.75, 3.05) is 6.54 Å². The van der Waals surface area contributed by atoms with E-state index in [-0.39, 0.29) is 5.91 Å². The van der Waals surface area contributed by atoms with Crippen LogP contribution in [-0.4, -0.2) is 18.6 Å². The van der Waals surface area contributed by atoms with Gasteiger partial charge in [-0.1, -0.05) is 30.1 Å². The van der Waals surface area contributed by atoms with Gasteiger partial charge in [0.1, 0.15) is 5.75 Å². The summed E-state index contributed by atoms with van der Waals surface area (Å²) in [6, 6.07) is 4.89. The second-order valence-corrected chi connectivity index (χ2v) is 4.47. The Morgan fingerprint density at radius 1 is 1.47 bits per heavy atom. The van der Waals surface area contributed by atoms with Crippen LogP contribution in [0.1, 0.15) is 20.3 Å². The van der Waals surface area contributed by atoms with Crippen LogP contribution in [0.4, 0.5) is 0 Å². The van der Waals surface area contributed by atoms with Crippen LogP contribution in [0.2, 0.25) is 10.0 Å². The van der Waals surface area contributed by atoms with Crippen LogP contribution in [-0.2, 0) is 4.79 Å². The predicted molar refractivity (Wildman–Crippen MR) is 69.9 cm³/mol. The van der Waals surface area contributed by atoms with E-state index in [1.165, 1.54) is 0 Å². The topological polar surface area (TPSA) is 38.3 Å². The van der Waals surface area contributed by atoms with Crippen LogP contribution in [0.3, 0.4) is 0 Å². The van der Waals surface area contributed by atoms with Crippen LogP contribution >= 0.6 is 23.2 Å². The second-order valence-electron chi connectivity index (χ2n) is 3.63. The molecule has 1 amide bonds. The third-order valence-electron chi connectivity index (χ3n) is 2.12. The lowest BCUT2D eigenvalue weighted by Crippen LogP contribution is -2.36. The molecule has 0 heterocycles. The summed E-state index contributed by atoms with van der Waals surface area (Å²) in [5.41, 5.74) is 0. The smallest absolute Gasteiger partial charge is 0.260 e. The van der Waals surface area contributed by atoms with Gasteiger partial charge in [-0.15, -0.1) is 0 Å². The molecule has 94 valence electrons. The number of amides is 1. The maximum absolute atomic E-state index is 11.6. The Morgan fingerprint density at radius 2 is 2.18 bits per heavy atom. The van der Waals surface area contributed by atoms with Crippen LogP contribution in [0.25, 0.3) is 0 Å². The Labute approximate surface area is 111 Å². The molecule has 3 nitrogen and oxygen atoms in total. The zero-order valence-electron chi connectivity index (χ0n) is 9.80. The van der Waals surface area contributed by atoms with E-state index < -0.39 is 6.10 Å². The molecule has 0 aromatic heterocycles. The Kier molecular flexibility index (Phi) is 5.59. The van der Waals surface area contributed by atoms with Gasteiger partial charge in [0, 0.05) is 11.6 Å². The molecule has 1 N–H and O–H groups in total. The Bertz CT molecular complexity index is 396. The lowest BCUT2D eigenvalue weighted by atomic mass is 10.3. The van der Waals surface area contributed by atoms with E-state index >= 15 is 0 Å². The molecule has 0 bridgehead atoms. The Morgan fingerprint density at radius 3 is 2.76 bits per heavy atom. The maximum Gasteiger partial charge on any atom is 0.260 e. The van der Waals surface area contributed by atoms with Crippen molar-refractivity contribution in [3.63, 3.8) is 0 Å². The van der Waals surface area contributed by atoms with Crippen molar-refractivity contribution in [1.82, 2.24) is 5.32 Å². The van der Waals surface area contributed by atoms with Crippen molar-refractivity contribution in [2.24, 2.45) is 0 Å². The molecule has 0 aliphatic rings. The largest absolute Gasteiger partial charge is 0.479 e. The number of rotatable bonds is 5. The fraction of sp³-hybridized carbons (Fsp3) is 0.417. The maximum atomic E-state index is 11.6. The monoisotopic (exact) mass is 275 g/mol. The van der Waals surface area contributed by atoms with Gasteiger partial charge in [0.25, 0.3) is 5.91 Å². The molecule has 1 atom stereocenters. The molecular weight excluding hydrogens is 261 g/mol. The first-order valence-corrected chi connectivity index (χ1v) is 6.19. The summed E-state index contributed by atoms with van der Waals surface area (Å²) in [6.07, 6.45) is 0.306. The highest BCUT2D eigenvalue weighted by atomic mass is 35.5. The summed E-state index contributed by atoms with van der Waals surface area (Å²) in [5, 5.41) is 3.68. The average Bonchev–Trinajstić information content (AvgIpc) is 2.29. The molecule has 0 unspecified atom stereocenters.